The quantitative estimate of drug-likeness (QED) is 0.221. The van der Waals surface area contributed by atoms with Crippen LogP contribution in [0.4, 0.5) is 0 Å². The number of amides is 2. The molecular weight excluding hydrogens is 560 g/mol. The van der Waals surface area contributed by atoms with E-state index in [0.717, 1.165) is 45.4 Å². The first kappa shape index (κ1) is 33.8. The van der Waals surface area contributed by atoms with Gasteiger partial charge >= 0.3 is 0 Å². The van der Waals surface area contributed by atoms with Crippen LogP contribution in [-0.4, -0.2) is 41.9 Å². The zero-order chi connectivity index (χ0) is 33.1. The monoisotopic (exact) mass is 608 g/mol. The summed E-state index contributed by atoms with van der Waals surface area (Å²) in [5, 5.41) is 3.05. The molecule has 2 aromatic rings. The zero-order valence-electron chi connectivity index (χ0n) is 28.2. The fourth-order valence-corrected chi connectivity index (χ4v) is 6.04. The highest BCUT2D eigenvalue weighted by Crippen LogP contribution is 2.39. The summed E-state index contributed by atoms with van der Waals surface area (Å²) in [5.74, 6) is -0.130. The van der Waals surface area contributed by atoms with Crippen LogP contribution in [0, 0.1) is 17.8 Å². The maximum Gasteiger partial charge on any atom is 0.232 e. The van der Waals surface area contributed by atoms with Gasteiger partial charge in [-0.25, -0.2) is 0 Å². The van der Waals surface area contributed by atoms with Gasteiger partial charge < -0.3 is 10.2 Å². The molecule has 1 saturated heterocycles. The molecule has 45 heavy (non-hydrogen) atoms. The largest absolute Gasteiger partial charge is 0.345 e. The molecule has 0 unspecified atom stereocenters. The van der Waals surface area contributed by atoms with Crippen molar-refractivity contribution < 1.29 is 19.2 Å². The van der Waals surface area contributed by atoms with E-state index in [1.165, 1.54) is 0 Å². The number of Topliss-reactive ketones (excluding diaryl/α,β-unsaturated/α-hetero) is 1. The molecule has 2 aromatic carbocycles. The molecule has 0 spiro atoms. The predicted octanol–water partition coefficient (Wildman–Crippen LogP) is 7.71. The van der Waals surface area contributed by atoms with Crippen LogP contribution in [0.1, 0.15) is 95.1 Å². The van der Waals surface area contributed by atoms with E-state index in [1.807, 2.05) is 57.2 Å². The summed E-state index contributed by atoms with van der Waals surface area (Å²) in [5.41, 5.74) is 7.16. The average molecular weight is 609 g/mol. The van der Waals surface area contributed by atoms with E-state index in [0.29, 0.717) is 43.5 Å². The van der Waals surface area contributed by atoms with Gasteiger partial charge in [0.1, 0.15) is 0 Å². The second-order valence-electron chi connectivity index (χ2n) is 14.1. The van der Waals surface area contributed by atoms with Crippen LogP contribution in [0.2, 0.25) is 0 Å². The van der Waals surface area contributed by atoms with Crippen LogP contribution in [0.15, 0.2) is 77.0 Å². The molecule has 1 heterocycles. The Hall–Kier alpha value is -4.06. The van der Waals surface area contributed by atoms with E-state index < -0.39 is 5.41 Å². The molecule has 6 heteroatoms. The van der Waals surface area contributed by atoms with Crippen molar-refractivity contribution in [3.8, 4) is 11.1 Å². The number of aryl methyl sites for hydroxylation is 2. The summed E-state index contributed by atoms with van der Waals surface area (Å²) in [6.07, 6.45) is 6.89. The van der Waals surface area contributed by atoms with Crippen LogP contribution in [0.5, 0.6) is 0 Å². The highest BCUT2D eigenvalue weighted by atomic mass is 16.2. The molecule has 0 bridgehead atoms. The van der Waals surface area contributed by atoms with Crippen molar-refractivity contribution in [1.29, 1.82) is 0 Å². The molecule has 0 radical (unpaired) electrons. The van der Waals surface area contributed by atoms with Gasteiger partial charge in [0, 0.05) is 49.7 Å². The number of hydrogen-bond acceptors (Lipinski definition) is 4. The van der Waals surface area contributed by atoms with Gasteiger partial charge in [-0.15, -0.1) is 0 Å². The van der Waals surface area contributed by atoms with Gasteiger partial charge in [-0.3, -0.25) is 19.2 Å². The average Bonchev–Trinajstić information content (AvgIpc) is 3.42. The second kappa shape index (κ2) is 13.5. The summed E-state index contributed by atoms with van der Waals surface area (Å²) in [7, 11) is 1.79. The third-order valence-electron chi connectivity index (χ3n) is 9.19. The Morgan fingerprint density at radius 1 is 1.02 bits per heavy atom. The maximum absolute atomic E-state index is 13.7. The lowest BCUT2D eigenvalue weighted by atomic mass is 9.77. The summed E-state index contributed by atoms with van der Waals surface area (Å²) in [6, 6.07) is 14.0. The Morgan fingerprint density at radius 3 is 2.36 bits per heavy atom. The number of rotatable bonds is 10. The van der Waals surface area contributed by atoms with Gasteiger partial charge in [-0.05, 0) is 85.4 Å². The smallest absolute Gasteiger partial charge is 0.232 e. The minimum atomic E-state index is -0.743. The number of hydrogen-bond donors (Lipinski definition) is 1. The molecule has 4 rings (SSSR count). The molecule has 0 saturated carbocycles. The molecule has 238 valence electrons. The Morgan fingerprint density at radius 2 is 1.71 bits per heavy atom. The van der Waals surface area contributed by atoms with Crippen LogP contribution in [0.3, 0.4) is 0 Å². The minimum Gasteiger partial charge on any atom is -0.345 e. The lowest BCUT2D eigenvalue weighted by molar-refractivity contribution is -0.139. The highest BCUT2D eigenvalue weighted by Gasteiger charge is 2.39. The van der Waals surface area contributed by atoms with Crippen molar-refractivity contribution in [1.82, 2.24) is 10.2 Å². The summed E-state index contributed by atoms with van der Waals surface area (Å²) < 4.78 is 0. The Bertz CT molecular complexity index is 1600. The maximum atomic E-state index is 13.7. The van der Waals surface area contributed by atoms with Crippen molar-refractivity contribution >= 4 is 23.4 Å². The number of nitrogens with one attached hydrogen (secondary N) is 1. The van der Waals surface area contributed by atoms with E-state index in [1.54, 1.807) is 18.0 Å². The Balaban J connectivity index is 1.50. The van der Waals surface area contributed by atoms with E-state index >= 15 is 0 Å². The van der Waals surface area contributed by atoms with Crippen molar-refractivity contribution in [2.75, 3.05) is 13.6 Å². The van der Waals surface area contributed by atoms with Gasteiger partial charge in [-0.2, -0.15) is 0 Å². The topological polar surface area (TPSA) is 83.6 Å². The first-order chi connectivity index (χ1) is 21.1. The number of benzene rings is 2. The predicted molar refractivity (Wildman–Crippen MR) is 181 cm³/mol. The molecule has 6 nitrogen and oxygen atoms in total. The SMILES string of the molecule is CCCC(=O)c1ccc(-c2cc(CCC(=O)NC3=C(C(=O)C=C4CCN(C)C(=O)C4(C)C)CC(C(C)(C)C)=C3)ccc2C)cc1. The molecule has 1 fully saturated rings. The molecule has 0 atom stereocenters. The standard InChI is InChI=1S/C39H48N2O4/c1-9-10-34(42)28-16-14-27(15-17-28)31-21-26(12-11-25(31)2)13-18-36(44)40-33-23-30(38(3,4)5)22-32(33)35(43)24-29-19-20-41(8)37(45)39(29,6)7/h11-12,14-17,21,23-24H,9-10,13,18-20,22H2,1-8H3,(H,40,44). The second-order valence-corrected chi connectivity index (χ2v) is 14.1. The van der Waals surface area contributed by atoms with E-state index in [9.17, 15) is 19.2 Å². The van der Waals surface area contributed by atoms with Gasteiger partial charge in [0.25, 0.3) is 0 Å². The normalized spacial score (nSPS) is 17.5. The molecular formula is C39H48N2O4. The first-order valence-corrected chi connectivity index (χ1v) is 16.1. The number of likely N-dealkylation sites (tertiary alicyclic amines) is 1. The number of allylic oxidation sites excluding steroid dienone is 4. The number of carbonyl (C=O) groups is 4. The zero-order valence-corrected chi connectivity index (χ0v) is 28.2. The van der Waals surface area contributed by atoms with Gasteiger partial charge in [0.05, 0.1) is 5.41 Å². The number of carbonyl (C=O) groups excluding carboxylic acids is 4. The molecule has 1 aliphatic heterocycles. The molecule has 1 N–H and O–H groups in total. The van der Waals surface area contributed by atoms with Gasteiger partial charge in [0.15, 0.2) is 11.6 Å². The van der Waals surface area contributed by atoms with Crippen LogP contribution >= 0.6 is 0 Å². The van der Waals surface area contributed by atoms with Crippen molar-refractivity contribution in [2.24, 2.45) is 10.8 Å². The molecule has 1 aliphatic carbocycles. The first-order valence-electron chi connectivity index (χ1n) is 16.1. The van der Waals surface area contributed by atoms with E-state index in [4.69, 9.17) is 0 Å². The number of piperidine rings is 1. The highest BCUT2D eigenvalue weighted by molar-refractivity contribution is 6.07. The van der Waals surface area contributed by atoms with Gasteiger partial charge in [0.2, 0.25) is 11.8 Å². The van der Waals surface area contributed by atoms with Crippen molar-refractivity contribution in [3.05, 3.63) is 93.7 Å². The minimum absolute atomic E-state index is 0.00795. The van der Waals surface area contributed by atoms with E-state index in [-0.39, 0.29) is 35.2 Å². The molecule has 2 amide bonds. The van der Waals surface area contributed by atoms with Crippen molar-refractivity contribution in [3.63, 3.8) is 0 Å². The molecule has 2 aliphatic rings. The van der Waals surface area contributed by atoms with Crippen LogP contribution < -0.4 is 5.32 Å². The summed E-state index contributed by atoms with van der Waals surface area (Å²) in [6.45, 7) is 14.7. The third-order valence-corrected chi connectivity index (χ3v) is 9.19. The number of ketones is 2. The van der Waals surface area contributed by atoms with Crippen LogP contribution in [0.25, 0.3) is 11.1 Å². The Kier molecular flexibility index (Phi) is 10.2. The lowest BCUT2D eigenvalue weighted by Crippen LogP contribution is -2.45. The fourth-order valence-electron chi connectivity index (χ4n) is 6.04. The molecule has 0 aromatic heterocycles. The number of nitrogens with zero attached hydrogens (tertiary/aromatic N) is 1. The Labute approximate surface area is 268 Å². The van der Waals surface area contributed by atoms with Crippen molar-refractivity contribution in [2.45, 2.75) is 87.0 Å². The van der Waals surface area contributed by atoms with Gasteiger partial charge in [-0.1, -0.05) is 75.7 Å². The fraction of sp³-hybridized carbons (Fsp3) is 0.436. The summed E-state index contributed by atoms with van der Waals surface area (Å²) >= 11 is 0. The van der Waals surface area contributed by atoms with Crippen LogP contribution in [-0.2, 0) is 20.8 Å². The summed E-state index contributed by atoms with van der Waals surface area (Å²) in [4.78, 5) is 53.7. The lowest BCUT2D eigenvalue weighted by Gasteiger charge is -2.37. The third kappa shape index (κ3) is 7.78. The van der Waals surface area contributed by atoms with E-state index in [2.05, 4.69) is 45.1 Å².